The first kappa shape index (κ1) is 41.1. The Morgan fingerprint density at radius 3 is 2.19 bits per heavy atom. The van der Waals surface area contributed by atoms with Crippen molar-refractivity contribution in [2.45, 2.75) is 95.0 Å². The summed E-state index contributed by atoms with van der Waals surface area (Å²) >= 11 is 0. The summed E-state index contributed by atoms with van der Waals surface area (Å²) in [4.78, 5) is 41.5. The van der Waals surface area contributed by atoms with Gasteiger partial charge in [-0.1, -0.05) is 97.8 Å². The van der Waals surface area contributed by atoms with Crippen molar-refractivity contribution in [2.24, 2.45) is 0 Å². The van der Waals surface area contributed by atoms with E-state index in [2.05, 4.69) is 69.0 Å². The normalized spacial score (nSPS) is 20.5. The third kappa shape index (κ3) is 10.1. The molecule has 58 heavy (non-hydrogen) atoms. The number of para-hydroxylation sites is 1. The minimum Gasteiger partial charge on any atom is -0.392 e. The molecule has 0 aliphatic carbocycles. The molecule has 4 aromatic carbocycles. The van der Waals surface area contributed by atoms with Crippen LogP contribution >= 0.6 is 0 Å². The molecule has 3 saturated heterocycles. The van der Waals surface area contributed by atoms with E-state index in [0.29, 0.717) is 32.5 Å². The minimum atomic E-state index is -0.581. The van der Waals surface area contributed by atoms with Gasteiger partial charge in [-0.15, -0.1) is 0 Å². The van der Waals surface area contributed by atoms with E-state index in [4.69, 9.17) is 14.7 Å². The number of carbonyl (C=O) groups excluding carboxylic acids is 3. The first-order valence-corrected chi connectivity index (χ1v) is 20.6. The number of rotatable bonds is 16. The van der Waals surface area contributed by atoms with Crippen LogP contribution in [0.4, 0.5) is 5.69 Å². The van der Waals surface area contributed by atoms with Gasteiger partial charge in [-0.25, -0.2) is 5.48 Å². The molecule has 3 aliphatic heterocycles. The number of aliphatic hydroxyl groups excluding tert-OH is 1. The maximum absolute atomic E-state index is 13.3. The molecular formula is C46H55N5O7. The van der Waals surface area contributed by atoms with Crippen LogP contribution in [-0.2, 0) is 37.0 Å². The molecule has 3 fully saturated rings. The van der Waals surface area contributed by atoms with Gasteiger partial charge in [0.2, 0.25) is 17.7 Å². The van der Waals surface area contributed by atoms with Crippen LogP contribution in [0.3, 0.4) is 0 Å². The van der Waals surface area contributed by atoms with Crippen molar-refractivity contribution < 1.29 is 34.2 Å². The van der Waals surface area contributed by atoms with Crippen LogP contribution in [0.2, 0.25) is 0 Å². The van der Waals surface area contributed by atoms with Gasteiger partial charge < -0.3 is 35.0 Å². The van der Waals surface area contributed by atoms with Gasteiger partial charge in [-0.3, -0.25) is 19.6 Å². The van der Waals surface area contributed by atoms with E-state index in [1.54, 1.807) is 5.48 Å². The molecule has 0 saturated carbocycles. The summed E-state index contributed by atoms with van der Waals surface area (Å²) in [5, 5.41) is 24.4. The quantitative estimate of drug-likeness (QED) is 0.0502. The maximum atomic E-state index is 13.3. The smallest absolute Gasteiger partial charge is 0.247 e. The topological polar surface area (TPSA) is 153 Å². The number of amides is 3. The minimum absolute atomic E-state index is 0.00332. The number of hydrogen-bond acceptors (Lipinski definition) is 9. The Morgan fingerprint density at radius 1 is 0.776 bits per heavy atom. The lowest BCUT2D eigenvalue weighted by atomic mass is 9.85. The molecule has 0 unspecified atom stereocenters. The summed E-state index contributed by atoms with van der Waals surface area (Å²) < 4.78 is 13.4. The molecule has 12 heteroatoms. The number of likely N-dealkylation sites (tertiary alicyclic amines) is 1. The fraction of sp³-hybridized carbons (Fsp3) is 0.413. The molecule has 12 nitrogen and oxygen atoms in total. The van der Waals surface area contributed by atoms with Crippen molar-refractivity contribution in [3.05, 3.63) is 125 Å². The van der Waals surface area contributed by atoms with Gasteiger partial charge in [0, 0.05) is 56.7 Å². The summed E-state index contributed by atoms with van der Waals surface area (Å²) in [5.41, 5.74) is 8.06. The van der Waals surface area contributed by atoms with Crippen LogP contribution in [0, 0.1) is 0 Å². The number of anilines is 1. The summed E-state index contributed by atoms with van der Waals surface area (Å²) in [5.74, 6) is -0.281. The SMILES string of the molecule is O=C(CCCCCCC(=O)NCc1cccc(-c2ccc([C@@H]3O[C@H](CN4CCC5(CC4)C(=O)NCN5c4ccccc4)C[C@H](c4ccc(CO)cc4)O3)cc2)c1)NO. The molecule has 0 bridgehead atoms. The Labute approximate surface area is 340 Å². The number of piperidine rings is 1. The monoisotopic (exact) mass is 789 g/mol. The zero-order valence-electron chi connectivity index (χ0n) is 33.0. The van der Waals surface area contributed by atoms with E-state index in [-0.39, 0.29) is 43.0 Å². The van der Waals surface area contributed by atoms with Gasteiger partial charge in [0.05, 0.1) is 25.5 Å². The molecule has 0 radical (unpaired) electrons. The highest BCUT2D eigenvalue weighted by Gasteiger charge is 2.50. The van der Waals surface area contributed by atoms with E-state index >= 15 is 0 Å². The Morgan fingerprint density at radius 2 is 1.48 bits per heavy atom. The second-order valence-electron chi connectivity index (χ2n) is 15.7. The van der Waals surface area contributed by atoms with Crippen LogP contribution in [0.15, 0.2) is 103 Å². The number of ether oxygens (including phenoxy) is 2. The van der Waals surface area contributed by atoms with Crippen LogP contribution in [0.25, 0.3) is 11.1 Å². The average Bonchev–Trinajstić information content (AvgIpc) is 3.59. The van der Waals surface area contributed by atoms with Crippen molar-refractivity contribution >= 4 is 23.4 Å². The first-order chi connectivity index (χ1) is 28.3. The molecule has 1 spiro atoms. The van der Waals surface area contributed by atoms with E-state index in [9.17, 15) is 19.5 Å². The van der Waals surface area contributed by atoms with Crippen molar-refractivity contribution in [1.29, 1.82) is 0 Å². The number of unbranched alkanes of at least 4 members (excludes halogenated alkanes) is 3. The van der Waals surface area contributed by atoms with Gasteiger partial charge in [-0.2, -0.15) is 0 Å². The fourth-order valence-corrected chi connectivity index (χ4v) is 8.42. The zero-order chi connectivity index (χ0) is 40.3. The van der Waals surface area contributed by atoms with E-state index < -0.39 is 11.8 Å². The molecule has 7 rings (SSSR count). The van der Waals surface area contributed by atoms with Crippen molar-refractivity contribution in [3.63, 3.8) is 0 Å². The molecule has 3 heterocycles. The Balaban J connectivity index is 0.970. The van der Waals surface area contributed by atoms with Gasteiger partial charge in [-0.05, 0) is 71.7 Å². The van der Waals surface area contributed by atoms with Gasteiger partial charge >= 0.3 is 0 Å². The number of aliphatic hydroxyl groups is 1. The van der Waals surface area contributed by atoms with Gasteiger partial charge in [0.1, 0.15) is 5.54 Å². The van der Waals surface area contributed by atoms with Crippen LogP contribution in [-0.4, -0.2) is 70.9 Å². The average molecular weight is 790 g/mol. The van der Waals surface area contributed by atoms with Crippen LogP contribution in [0.1, 0.15) is 92.4 Å². The molecular weight excluding hydrogens is 735 g/mol. The lowest BCUT2D eigenvalue weighted by Crippen LogP contribution is -2.57. The van der Waals surface area contributed by atoms with Crippen molar-refractivity contribution in [1.82, 2.24) is 21.0 Å². The zero-order valence-corrected chi connectivity index (χ0v) is 33.0. The van der Waals surface area contributed by atoms with E-state index in [1.807, 2.05) is 54.6 Å². The third-order valence-electron chi connectivity index (χ3n) is 11.8. The summed E-state index contributed by atoms with van der Waals surface area (Å²) in [7, 11) is 0. The lowest BCUT2D eigenvalue weighted by molar-refractivity contribution is -0.253. The number of nitrogens with one attached hydrogen (secondary N) is 3. The molecule has 3 amide bonds. The van der Waals surface area contributed by atoms with E-state index in [0.717, 1.165) is 90.8 Å². The Kier molecular flexibility index (Phi) is 13.8. The predicted octanol–water partition coefficient (Wildman–Crippen LogP) is 6.28. The third-order valence-corrected chi connectivity index (χ3v) is 11.8. The molecule has 4 aromatic rings. The maximum Gasteiger partial charge on any atom is 0.247 e. The predicted molar refractivity (Wildman–Crippen MR) is 220 cm³/mol. The van der Waals surface area contributed by atoms with Crippen molar-refractivity contribution in [2.75, 3.05) is 31.2 Å². The van der Waals surface area contributed by atoms with Gasteiger partial charge in [0.25, 0.3) is 0 Å². The Bertz CT molecular complexity index is 1970. The Hall–Kier alpha value is -5.11. The number of hydroxylamine groups is 1. The highest BCUT2D eigenvalue weighted by atomic mass is 16.7. The number of carbonyl (C=O) groups is 3. The largest absolute Gasteiger partial charge is 0.392 e. The number of hydrogen-bond donors (Lipinski definition) is 5. The summed E-state index contributed by atoms with van der Waals surface area (Å²) in [6, 6.07) is 34.5. The molecule has 3 atom stereocenters. The van der Waals surface area contributed by atoms with E-state index in [1.165, 1.54) is 0 Å². The molecule has 3 aliphatic rings. The summed E-state index contributed by atoms with van der Waals surface area (Å²) in [6.45, 7) is 3.23. The lowest BCUT2D eigenvalue weighted by Gasteiger charge is -2.45. The summed E-state index contributed by atoms with van der Waals surface area (Å²) in [6.07, 6.45) is 5.08. The number of nitrogens with zero attached hydrogens (tertiary/aromatic N) is 2. The second kappa shape index (κ2) is 19.6. The van der Waals surface area contributed by atoms with Crippen LogP contribution in [0.5, 0.6) is 0 Å². The molecule has 0 aromatic heterocycles. The van der Waals surface area contributed by atoms with Crippen molar-refractivity contribution in [3.8, 4) is 11.1 Å². The van der Waals surface area contributed by atoms with Gasteiger partial charge in [0.15, 0.2) is 6.29 Å². The highest BCUT2D eigenvalue weighted by molar-refractivity contribution is 5.93. The molecule has 306 valence electrons. The highest BCUT2D eigenvalue weighted by Crippen LogP contribution is 2.40. The first-order valence-electron chi connectivity index (χ1n) is 20.6. The molecule has 5 N–H and O–H groups in total. The standard InChI is InChI=1S/C46H55N5O7/c52-31-33-15-17-36(18-16-33)41-28-40(30-50-25-23-46(24-26-50)45(55)48-32-51(46)39-11-4-3-5-12-39)57-44(58-41)37-21-19-35(20-22-37)38-10-8-9-34(27-38)29-47-42(53)13-6-1-2-7-14-43(54)49-56/h3-5,8-12,15-22,27,40-41,44,52,56H,1-2,6-7,13-14,23-26,28-32H2,(H,47,53)(H,48,55)(H,49,54)/t40-,41+,44+/m0/s1. The van der Waals surface area contributed by atoms with Crippen LogP contribution < -0.4 is 21.0 Å². The second-order valence-corrected chi connectivity index (χ2v) is 15.7. The fourth-order valence-electron chi connectivity index (χ4n) is 8.42. The number of benzene rings is 4.